The summed E-state index contributed by atoms with van der Waals surface area (Å²) in [6.45, 7) is 2.89. The fraction of sp³-hybridized carbons (Fsp3) is 0.200. The number of aryl methyl sites for hydroxylation is 1. The summed E-state index contributed by atoms with van der Waals surface area (Å²) in [5.41, 5.74) is 2.10. The third kappa shape index (κ3) is 3.62. The van der Waals surface area contributed by atoms with E-state index in [0.717, 1.165) is 21.7 Å². The Bertz CT molecular complexity index is 1380. The summed E-state index contributed by atoms with van der Waals surface area (Å²) in [4.78, 5) is 28.8. The lowest BCUT2D eigenvalue weighted by Gasteiger charge is -2.01. The summed E-state index contributed by atoms with van der Waals surface area (Å²) < 4.78 is 15.7. The van der Waals surface area contributed by atoms with Gasteiger partial charge in [0.1, 0.15) is 16.5 Å². The molecule has 1 aromatic carbocycles. The van der Waals surface area contributed by atoms with Crippen LogP contribution >= 0.6 is 11.3 Å². The molecule has 0 fully saturated rings. The smallest absolute Gasteiger partial charge is 0.259 e. The van der Waals surface area contributed by atoms with Gasteiger partial charge in [-0.05, 0) is 25.1 Å². The summed E-state index contributed by atoms with van der Waals surface area (Å²) in [5.74, 6) is 0.673. The topological polar surface area (TPSA) is 104 Å². The molecule has 152 valence electrons. The molecule has 3 N–H and O–H groups in total. The van der Waals surface area contributed by atoms with E-state index in [9.17, 15) is 9.18 Å². The average molecular weight is 423 g/mol. The first-order valence-corrected chi connectivity index (χ1v) is 10.2. The van der Waals surface area contributed by atoms with Crippen LogP contribution in [0.3, 0.4) is 0 Å². The van der Waals surface area contributed by atoms with Gasteiger partial charge in [0, 0.05) is 23.2 Å². The zero-order valence-corrected chi connectivity index (χ0v) is 16.9. The molecule has 0 saturated heterocycles. The van der Waals surface area contributed by atoms with Gasteiger partial charge < -0.3 is 15.3 Å². The van der Waals surface area contributed by atoms with Crippen molar-refractivity contribution in [3.05, 3.63) is 74.9 Å². The fourth-order valence-electron chi connectivity index (χ4n) is 3.37. The molecule has 5 rings (SSSR count). The largest absolute Gasteiger partial charge is 0.341 e. The van der Waals surface area contributed by atoms with Gasteiger partial charge in [0.05, 0.1) is 29.5 Å². The molecular formula is C20H18FN7OS. The normalized spacial score (nSPS) is 11.7. The predicted molar refractivity (Wildman–Crippen MR) is 113 cm³/mol. The lowest BCUT2D eigenvalue weighted by atomic mass is 10.3. The third-order valence-electron chi connectivity index (χ3n) is 4.72. The number of rotatable bonds is 6. The number of hydrogen-bond acceptors (Lipinski definition) is 6. The molecule has 0 amide bonds. The van der Waals surface area contributed by atoms with Gasteiger partial charge in [-0.25, -0.2) is 9.97 Å². The van der Waals surface area contributed by atoms with Crippen LogP contribution in [-0.4, -0.2) is 29.7 Å². The van der Waals surface area contributed by atoms with Crippen molar-refractivity contribution in [1.29, 1.82) is 0 Å². The maximum absolute atomic E-state index is 14.3. The van der Waals surface area contributed by atoms with Crippen molar-refractivity contribution in [2.75, 3.05) is 0 Å². The van der Waals surface area contributed by atoms with Crippen molar-refractivity contribution in [2.24, 2.45) is 0 Å². The van der Waals surface area contributed by atoms with Crippen molar-refractivity contribution in [3.8, 4) is 0 Å². The molecule has 8 nitrogen and oxygen atoms in total. The summed E-state index contributed by atoms with van der Waals surface area (Å²) in [5, 5.41) is 7.66. The number of fused-ring (bicyclic) bond motifs is 2. The van der Waals surface area contributed by atoms with Crippen molar-refractivity contribution in [2.45, 2.75) is 26.6 Å². The molecule has 5 aromatic rings. The van der Waals surface area contributed by atoms with E-state index in [1.807, 2.05) is 37.3 Å². The molecule has 4 heterocycles. The van der Waals surface area contributed by atoms with Crippen LogP contribution < -0.4 is 10.9 Å². The van der Waals surface area contributed by atoms with Crippen LogP contribution in [0.15, 0.2) is 41.3 Å². The molecule has 30 heavy (non-hydrogen) atoms. The number of thiophene rings is 1. The molecule has 0 spiro atoms. The molecule has 10 heteroatoms. The zero-order chi connectivity index (χ0) is 20.7. The van der Waals surface area contributed by atoms with Gasteiger partial charge in [-0.2, -0.15) is 4.39 Å². The minimum atomic E-state index is -0.553. The molecule has 0 atom stereocenters. The quantitative estimate of drug-likeness (QED) is 0.390. The van der Waals surface area contributed by atoms with Crippen molar-refractivity contribution >= 4 is 32.6 Å². The first-order valence-electron chi connectivity index (χ1n) is 9.40. The maximum Gasteiger partial charge on any atom is 0.259 e. The number of aromatic nitrogens is 6. The molecule has 0 unspecified atom stereocenters. The molecule has 0 bridgehead atoms. The first kappa shape index (κ1) is 18.6. The van der Waals surface area contributed by atoms with Crippen molar-refractivity contribution < 1.29 is 4.39 Å². The molecule has 0 radical (unpaired) electrons. The highest BCUT2D eigenvalue weighted by atomic mass is 32.1. The van der Waals surface area contributed by atoms with Crippen LogP contribution in [0.4, 0.5) is 4.39 Å². The minimum absolute atomic E-state index is 0.183. The average Bonchev–Trinajstić information content (AvgIpc) is 3.38. The second kappa shape index (κ2) is 7.47. The summed E-state index contributed by atoms with van der Waals surface area (Å²) in [7, 11) is 0. The van der Waals surface area contributed by atoms with Crippen LogP contribution in [0.5, 0.6) is 0 Å². The Hall–Kier alpha value is -3.37. The van der Waals surface area contributed by atoms with Crippen LogP contribution in [0.2, 0.25) is 0 Å². The highest BCUT2D eigenvalue weighted by molar-refractivity contribution is 7.18. The summed E-state index contributed by atoms with van der Waals surface area (Å²) in [6, 6.07) is 9.59. The number of imidazole rings is 1. The lowest BCUT2D eigenvalue weighted by Crippen LogP contribution is -2.14. The SMILES string of the molecule is Cc1cc2c(=O)[nH]c(Cn3cc(CNCc4nc5ccccc5[nH]4)c(F)n3)nc2s1. The van der Waals surface area contributed by atoms with Gasteiger partial charge in [-0.3, -0.25) is 9.48 Å². The second-order valence-electron chi connectivity index (χ2n) is 7.04. The molecule has 4 aromatic heterocycles. The minimum Gasteiger partial charge on any atom is -0.341 e. The molecule has 0 saturated carbocycles. The number of nitrogens with zero attached hydrogens (tertiary/aromatic N) is 4. The van der Waals surface area contributed by atoms with E-state index in [4.69, 9.17) is 0 Å². The monoisotopic (exact) mass is 423 g/mol. The zero-order valence-electron chi connectivity index (χ0n) is 16.1. The van der Waals surface area contributed by atoms with Crippen LogP contribution in [0.25, 0.3) is 21.3 Å². The Morgan fingerprint density at radius 3 is 2.90 bits per heavy atom. The van der Waals surface area contributed by atoms with E-state index in [1.165, 1.54) is 16.0 Å². The van der Waals surface area contributed by atoms with E-state index >= 15 is 0 Å². The second-order valence-corrected chi connectivity index (χ2v) is 8.27. The van der Waals surface area contributed by atoms with Crippen LogP contribution in [0, 0.1) is 12.9 Å². The highest BCUT2D eigenvalue weighted by Gasteiger charge is 2.12. The maximum atomic E-state index is 14.3. The summed E-state index contributed by atoms with van der Waals surface area (Å²) >= 11 is 1.46. The molecule has 0 aliphatic rings. The number of hydrogen-bond donors (Lipinski definition) is 3. The van der Waals surface area contributed by atoms with Crippen molar-refractivity contribution in [1.82, 2.24) is 35.0 Å². The molecular weight excluding hydrogens is 405 g/mol. The molecule has 0 aliphatic heterocycles. The van der Waals surface area contributed by atoms with E-state index in [0.29, 0.717) is 34.7 Å². The Kier molecular flexibility index (Phi) is 4.64. The number of aromatic amines is 2. The Morgan fingerprint density at radius 2 is 2.03 bits per heavy atom. The van der Waals surface area contributed by atoms with Gasteiger partial charge in [0.25, 0.3) is 5.56 Å². The number of para-hydroxylation sites is 2. The Balaban J connectivity index is 1.27. The van der Waals surface area contributed by atoms with E-state index in [2.05, 4.69) is 30.4 Å². The van der Waals surface area contributed by atoms with E-state index in [1.54, 1.807) is 6.20 Å². The van der Waals surface area contributed by atoms with Crippen LogP contribution in [0.1, 0.15) is 22.1 Å². The van der Waals surface area contributed by atoms with Gasteiger partial charge in [0.2, 0.25) is 5.95 Å². The molecule has 0 aliphatic carbocycles. The summed E-state index contributed by atoms with van der Waals surface area (Å²) in [6.07, 6.45) is 1.62. The number of nitrogens with one attached hydrogen (secondary N) is 3. The standard InChI is InChI=1S/C20H18FN7OS/c1-11-6-13-19(29)25-17(26-20(13)30-11)10-28-9-12(18(21)27-28)7-22-8-16-23-14-4-2-3-5-15(14)24-16/h2-6,9,22H,7-8,10H2,1H3,(H,23,24)(H,25,26,29). The Labute approximate surface area is 173 Å². The third-order valence-corrected chi connectivity index (χ3v) is 5.66. The van der Waals surface area contributed by atoms with E-state index < -0.39 is 5.95 Å². The number of H-pyrrole nitrogens is 2. The van der Waals surface area contributed by atoms with Gasteiger partial charge in [-0.15, -0.1) is 16.4 Å². The lowest BCUT2D eigenvalue weighted by molar-refractivity contribution is 0.523. The van der Waals surface area contributed by atoms with Gasteiger partial charge >= 0.3 is 0 Å². The Morgan fingerprint density at radius 1 is 1.17 bits per heavy atom. The highest BCUT2D eigenvalue weighted by Crippen LogP contribution is 2.20. The first-order chi connectivity index (χ1) is 14.5. The van der Waals surface area contributed by atoms with Gasteiger partial charge in [0.15, 0.2) is 0 Å². The van der Waals surface area contributed by atoms with E-state index in [-0.39, 0.29) is 12.1 Å². The number of halogens is 1. The number of benzene rings is 1. The fourth-order valence-corrected chi connectivity index (χ4v) is 4.27. The van der Waals surface area contributed by atoms with Crippen molar-refractivity contribution in [3.63, 3.8) is 0 Å². The predicted octanol–water partition coefficient (Wildman–Crippen LogP) is 2.84. The van der Waals surface area contributed by atoms with Gasteiger partial charge in [-0.1, -0.05) is 12.1 Å². The van der Waals surface area contributed by atoms with Crippen LogP contribution in [-0.2, 0) is 19.6 Å².